The molecule has 0 saturated carbocycles. The summed E-state index contributed by atoms with van der Waals surface area (Å²) in [5, 5.41) is 0. The minimum atomic E-state index is -0.148. The topological polar surface area (TPSA) is 52.1 Å². The molecule has 0 atom stereocenters. The number of ether oxygens (including phenoxy) is 1. The molecule has 18 heavy (non-hydrogen) atoms. The van der Waals surface area contributed by atoms with Crippen molar-refractivity contribution in [2.24, 2.45) is 0 Å². The van der Waals surface area contributed by atoms with Crippen LogP contribution in [-0.2, 0) is 0 Å². The molecule has 1 heterocycles. The van der Waals surface area contributed by atoms with Gasteiger partial charge < -0.3 is 4.74 Å². The summed E-state index contributed by atoms with van der Waals surface area (Å²) in [5.41, 5.74) is 0.897. The Morgan fingerprint density at radius 1 is 1.33 bits per heavy atom. The number of rotatable bonds is 5. The van der Waals surface area contributed by atoms with Crippen molar-refractivity contribution < 1.29 is 9.53 Å². The predicted octanol–water partition coefficient (Wildman–Crippen LogP) is 2.50. The summed E-state index contributed by atoms with van der Waals surface area (Å²) in [6, 6.07) is 7.11. The van der Waals surface area contributed by atoms with Gasteiger partial charge in [-0.25, -0.2) is 4.98 Å². The van der Waals surface area contributed by atoms with Gasteiger partial charge in [-0.2, -0.15) is 0 Å². The number of carbonyl (C=O) groups excluding carboxylic acids is 1. The van der Waals surface area contributed by atoms with Crippen molar-refractivity contribution in [1.82, 2.24) is 9.97 Å². The zero-order valence-corrected chi connectivity index (χ0v) is 10.2. The Morgan fingerprint density at radius 3 is 2.94 bits per heavy atom. The van der Waals surface area contributed by atoms with Crippen LogP contribution >= 0.6 is 0 Å². The highest BCUT2D eigenvalue weighted by molar-refractivity contribution is 6.07. The number of carbonyl (C=O) groups is 1. The third-order valence-corrected chi connectivity index (χ3v) is 2.36. The Kier molecular flexibility index (Phi) is 4.02. The molecule has 0 radical (unpaired) electrons. The van der Waals surface area contributed by atoms with Crippen LogP contribution in [0.15, 0.2) is 42.9 Å². The number of hydrogen-bond acceptors (Lipinski definition) is 4. The summed E-state index contributed by atoms with van der Waals surface area (Å²) in [7, 11) is 0. The molecule has 1 aromatic heterocycles. The number of aromatic nitrogens is 2. The third-order valence-electron chi connectivity index (χ3n) is 2.36. The molecule has 0 bridgehead atoms. The second-order valence-electron chi connectivity index (χ2n) is 3.80. The lowest BCUT2D eigenvalue weighted by Gasteiger charge is -2.06. The molecule has 92 valence electrons. The van der Waals surface area contributed by atoms with E-state index in [4.69, 9.17) is 4.74 Å². The van der Waals surface area contributed by atoms with E-state index in [2.05, 4.69) is 9.97 Å². The van der Waals surface area contributed by atoms with Gasteiger partial charge in [0, 0.05) is 18.0 Å². The van der Waals surface area contributed by atoms with Crippen LogP contribution < -0.4 is 4.74 Å². The minimum absolute atomic E-state index is 0.148. The quantitative estimate of drug-likeness (QED) is 0.756. The molecule has 0 saturated heterocycles. The van der Waals surface area contributed by atoms with Crippen LogP contribution in [0.25, 0.3) is 0 Å². The molecular weight excluding hydrogens is 228 g/mol. The summed E-state index contributed by atoms with van der Waals surface area (Å²) in [5.74, 6) is 0.552. The maximum absolute atomic E-state index is 12.1. The van der Waals surface area contributed by atoms with Gasteiger partial charge in [-0.3, -0.25) is 9.78 Å². The Hall–Kier alpha value is -2.23. The van der Waals surface area contributed by atoms with Crippen molar-refractivity contribution in [3.05, 3.63) is 54.1 Å². The van der Waals surface area contributed by atoms with Gasteiger partial charge in [-0.05, 0) is 18.6 Å². The zero-order valence-electron chi connectivity index (χ0n) is 10.2. The van der Waals surface area contributed by atoms with E-state index in [1.165, 1.54) is 18.6 Å². The van der Waals surface area contributed by atoms with Crippen molar-refractivity contribution in [2.75, 3.05) is 6.61 Å². The summed E-state index contributed by atoms with van der Waals surface area (Å²) in [4.78, 5) is 20.0. The van der Waals surface area contributed by atoms with E-state index in [0.29, 0.717) is 23.6 Å². The van der Waals surface area contributed by atoms with E-state index in [1.807, 2.05) is 13.0 Å². The highest BCUT2D eigenvalue weighted by atomic mass is 16.5. The van der Waals surface area contributed by atoms with E-state index in [-0.39, 0.29) is 5.78 Å². The van der Waals surface area contributed by atoms with Crippen LogP contribution in [-0.4, -0.2) is 22.4 Å². The SMILES string of the molecule is CCCOc1cccc(C(=O)c2cnccn2)c1. The second kappa shape index (κ2) is 5.91. The smallest absolute Gasteiger partial charge is 0.213 e. The minimum Gasteiger partial charge on any atom is -0.494 e. The standard InChI is InChI=1S/C14H14N2O2/c1-2-8-18-12-5-3-4-11(9-12)14(17)13-10-15-6-7-16-13/h3-7,9-10H,2,8H2,1H3. The summed E-state index contributed by atoms with van der Waals surface area (Å²) >= 11 is 0. The molecule has 0 fully saturated rings. The largest absolute Gasteiger partial charge is 0.494 e. The van der Waals surface area contributed by atoms with Crippen molar-refractivity contribution in [3.8, 4) is 5.75 Å². The highest BCUT2D eigenvalue weighted by Gasteiger charge is 2.11. The van der Waals surface area contributed by atoms with Gasteiger partial charge in [0.2, 0.25) is 5.78 Å². The second-order valence-corrected chi connectivity index (χ2v) is 3.80. The van der Waals surface area contributed by atoms with E-state index in [1.54, 1.807) is 18.2 Å². The Morgan fingerprint density at radius 2 is 2.22 bits per heavy atom. The molecule has 2 aromatic rings. The Labute approximate surface area is 106 Å². The van der Waals surface area contributed by atoms with Crippen LogP contribution in [0, 0.1) is 0 Å². The van der Waals surface area contributed by atoms with Gasteiger partial charge in [0.05, 0.1) is 12.8 Å². The summed E-state index contributed by atoms with van der Waals surface area (Å²) in [6.45, 7) is 2.68. The summed E-state index contributed by atoms with van der Waals surface area (Å²) < 4.78 is 5.49. The molecule has 0 amide bonds. The lowest BCUT2D eigenvalue weighted by Crippen LogP contribution is -2.05. The first-order chi connectivity index (χ1) is 8.81. The maximum Gasteiger partial charge on any atom is 0.213 e. The number of nitrogens with zero attached hydrogens (tertiary/aromatic N) is 2. The fourth-order valence-corrected chi connectivity index (χ4v) is 1.51. The van der Waals surface area contributed by atoms with Crippen LogP contribution in [0.1, 0.15) is 29.4 Å². The molecule has 0 aliphatic heterocycles. The van der Waals surface area contributed by atoms with Gasteiger partial charge in [-0.15, -0.1) is 0 Å². The molecule has 0 N–H and O–H groups in total. The predicted molar refractivity (Wildman–Crippen MR) is 67.7 cm³/mol. The van der Waals surface area contributed by atoms with Crippen LogP contribution in [0.5, 0.6) is 5.75 Å². The fourth-order valence-electron chi connectivity index (χ4n) is 1.51. The van der Waals surface area contributed by atoms with Crippen molar-refractivity contribution in [2.45, 2.75) is 13.3 Å². The van der Waals surface area contributed by atoms with Crippen molar-refractivity contribution >= 4 is 5.78 Å². The van der Waals surface area contributed by atoms with Gasteiger partial charge in [-0.1, -0.05) is 19.1 Å². The third kappa shape index (κ3) is 2.91. The fraction of sp³-hybridized carbons (Fsp3) is 0.214. The summed E-state index contributed by atoms with van der Waals surface area (Å²) in [6.07, 6.45) is 5.44. The zero-order chi connectivity index (χ0) is 12.8. The van der Waals surface area contributed by atoms with Crippen LogP contribution in [0.4, 0.5) is 0 Å². The number of ketones is 1. The molecule has 4 heteroatoms. The van der Waals surface area contributed by atoms with Gasteiger partial charge in [0.15, 0.2) is 0 Å². The van der Waals surface area contributed by atoms with Gasteiger partial charge in [0.1, 0.15) is 11.4 Å². The first-order valence-corrected chi connectivity index (χ1v) is 5.85. The highest BCUT2D eigenvalue weighted by Crippen LogP contribution is 2.15. The monoisotopic (exact) mass is 242 g/mol. The Bertz CT molecular complexity index is 526. The van der Waals surface area contributed by atoms with Crippen LogP contribution in [0.3, 0.4) is 0 Å². The maximum atomic E-state index is 12.1. The van der Waals surface area contributed by atoms with Gasteiger partial charge >= 0.3 is 0 Å². The van der Waals surface area contributed by atoms with Crippen molar-refractivity contribution in [3.63, 3.8) is 0 Å². The average Bonchev–Trinajstić information content (AvgIpc) is 2.45. The lowest BCUT2D eigenvalue weighted by atomic mass is 10.1. The first kappa shape index (κ1) is 12.2. The number of hydrogen-bond donors (Lipinski definition) is 0. The molecule has 4 nitrogen and oxygen atoms in total. The van der Waals surface area contributed by atoms with E-state index in [0.717, 1.165) is 6.42 Å². The average molecular weight is 242 g/mol. The molecule has 0 aliphatic rings. The lowest BCUT2D eigenvalue weighted by molar-refractivity contribution is 0.103. The van der Waals surface area contributed by atoms with Crippen molar-refractivity contribution in [1.29, 1.82) is 0 Å². The molecule has 0 aliphatic carbocycles. The van der Waals surface area contributed by atoms with Crippen LogP contribution in [0.2, 0.25) is 0 Å². The molecule has 0 spiro atoms. The first-order valence-electron chi connectivity index (χ1n) is 5.85. The molecule has 2 rings (SSSR count). The Balaban J connectivity index is 2.20. The van der Waals surface area contributed by atoms with E-state index >= 15 is 0 Å². The normalized spacial score (nSPS) is 10.1. The molecule has 1 aromatic carbocycles. The van der Waals surface area contributed by atoms with E-state index < -0.39 is 0 Å². The molecule has 0 unspecified atom stereocenters. The van der Waals surface area contributed by atoms with E-state index in [9.17, 15) is 4.79 Å². The van der Waals surface area contributed by atoms with Gasteiger partial charge in [0.25, 0.3) is 0 Å². The number of benzene rings is 1. The molecular formula is C14H14N2O2.